The highest BCUT2D eigenvalue weighted by molar-refractivity contribution is 6.01. The summed E-state index contributed by atoms with van der Waals surface area (Å²) in [5.74, 6) is 0.461. The summed E-state index contributed by atoms with van der Waals surface area (Å²) in [5.41, 5.74) is 2.87. The maximum absolute atomic E-state index is 14.5. The number of hydrogen-bond donors (Lipinski definition) is 0. The second kappa shape index (κ2) is 11.4. The molecule has 2 amide bonds. The molecule has 8 heteroatoms. The molecule has 0 aliphatic carbocycles. The van der Waals surface area contributed by atoms with Crippen LogP contribution in [0, 0.1) is 5.82 Å². The normalized spacial score (nSPS) is 18.7. The topological polar surface area (TPSA) is 66.0 Å². The third kappa shape index (κ3) is 5.25. The first kappa shape index (κ1) is 26.5. The zero-order valence-corrected chi connectivity index (χ0v) is 22.8. The van der Waals surface area contributed by atoms with Gasteiger partial charge in [0, 0.05) is 44.5 Å². The molecular formula is C33H31FN4O3. The Kier molecular flexibility index (Phi) is 7.37. The Bertz CT molecular complexity index is 1520. The average molecular weight is 551 g/mol. The number of benzene rings is 3. The summed E-state index contributed by atoms with van der Waals surface area (Å²) in [6, 6.07) is 26.4. The van der Waals surface area contributed by atoms with Crippen LogP contribution in [0.15, 0.2) is 97.2 Å². The molecule has 0 radical (unpaired) electrons. The molecule has 3 aromatic carbocycles. The molecule has 6 rings (SSSR count). The molecule has 208 valence electrons. The number of carbonyl (C=O) groups excluding carboxylic acids is 2. The monoisotopic (exact) mass is 550 g/mol. The second-order valence-corrected chi connectivity index (χ2v) is 10.3. The van der Waals surface area contributed by atoms with Crippen molar-refractivity contribution >= 4 is 17.6 Å². The number of nitrogens with zero attached hydrogens (tertiary/aromatic N) is 4. The fourth-order valence-corrected chi connectivity index (χ4v) is 5.89. The zero-order valence-electron chi connectivity index (χ0n) is 22.8. The van der Waals surface area contributed by atoms with Gasteiger partial charge in [-0.05, 0) is 59.2 Å². The van der Waals surface area contributed by atoms with E-state index in [4.69, 9.17) is 4.74 Å². The number of halogens is 1. The first-order valence-corrected chi connectivity index (χ1v) is 13.8. The Balaban J connectivity index is 1.38. The predicted molar refractivity (Wildman–Crippen MR) is 154 cm³/mol. The number of fused-ring (bicyclic) bond motifs is 1. The highest BCUT2D eigenvalue weighted by atomic mass is 19.1. The van der Waals surface area contributed by atoms with Gasteiger partial charge in [0.2, 0.25) is 5.91 Å². The summed E-state index contributed by atoms with van der Waals surface area (Å²) < 4.78 is 19.1. The molecule has 0 N–H and O–H groups in total. The van der Waals surface area contributed by atoms with Gasteiger partial charge in [-0.2, -0.15) is 0 Å². The smallest absolute Gasteiger partial charge is 0.255 e. The Morgan fingerprint density at radius 2 is 1.61 bits per heavy atom. The van der Waals surface area contributed by atoms with Crippen LogP contribution >= 0.6 is 0 Å². The van der Waals surface area contributed by atoms with Crippen molar-refractivity contribution in [2.75, 3.05) is 38.2 Å². The number of rotatable bonds is 6. The van der Waals surface area contributed by atoms with E-state index in [0.29, 0.717) is 37.5 Å². The summed E-state index contributed by atoms with van der Waals surface area (Å²) in [5, 5.41) is 0. The highest BCUT2D eigenvalue weighted by Crippen LogP contribution is 2.45. The SMILES string of the molecule is COc1ccc([C@@H]2[C@@H](C(=O)N3CCN(c4ccccn4)CC3)c3ccccc3C(=O)N2Cc2ccc(F)cc2)cc1. The Morgan fingerprint density at radius 3 is 2.29 bits per heavy atom. The van der Waals surface area contributed by atoms with Gasteiger partial charge >= 0.3 is 0 Å². The van der Waals surface area contributed by atoms with Gasteiger partial charge in [-0.25, -0.2) is 9.37 Å². The van der Waals surface area contributed by atoms with E-state index < -0.39 is 12.0 Å². The lowest BCUT2D eigenvalue weighted by molar-refractivity contribution is -0.135. The number of hydrogen-bond acceptors (Lipinski definition) is 5. The number of anilines is 1. The summed E-state index contributed by atoms with van der Waals surface area (Å²) in [4.78, 5) is 38.8. The molecular weight excluding hydrogens is 519 g/mol. The molecule has 1 aromatic heterocycles. The van der Waals surface area contributed by atoms with Crippen molar-refractivity contribution < 1.29 is 18.7 Å². The number of methoxy groups -OCH3 is 1. The van der Waals surface area contributed by atoms with Crippen LogP contribution in [0.4, 0.5) is 10.2 Å². The van der Waals surface area contributed by atoms with Gasteiger partial charge in [0.05, 0.1) is 19.1 Å². The van der Waals surface area contributed by atoms with E-state index in [0.717, 1.165) is 22.5 Å². The van der Waals surface area contributed by atoms with Crippen molar-refractivity contribution in [1.29, 1.82) is 0 Å². The predicted octanol–water partition coefficient (Wildman–Crippen LogP) is 5.06. The Hall–Kier alpha value is -4.72. The number of pyridine rings is 1. The molecule has 2 aliphatic heterocycles. The molecule has 0 unspecified atom stereocenters. The van der Waals surface area contributed by atoms with Crippen LogP contribution in [0.5, 0.6) is 5.75 Å². The molecule has 4 aromatic rings. The molecule has 1 fully saturated rings. The maximum Gasteiger partial charge on any atom is 0.255 e. The van der Waals surface area contributed by atoms with Crippen LogP contribution in [0.3, 0.4) is 0 Å². The number of piperazine rings is 1. The molecule has 0 bridgehead atoms. The van der Waals surface area contributed by atoms with Gasteiger partial charge in [0.25, 0.3) is 5.91 Å². The van der Waals surface area contributed by atoms with Crippen LogP contribution < -0.4 is 9.64 Å². The molecule has 0 saturated carbocycles. The van der Waals surface area contributed by atoms with Gasteiger partial charge in [-0.15, -0.1) is 0 Å². The third-order valence-corrected chi connectivity index (χ3v) is 7.99. The quantitative estimate of drug-likeness (QED) is 0.336. The van der Waals surface area contributed by atoms with Gasteiger partial charge in [-0.1, -0.05) is 48.5 Å². The summed E-state index contributed by atoms with van der Waals surface area (Å²) in [6.07, 6.45) is 1.78. The fraction of sp³-hybridized carbons (Fsp3) is 0.242. The summed E-state index contributed by atoms with van der Waals surface area (Å²) in [6.45, 7) is 2.68. The lowest BCUT2D eigenvalue weighted by atomic mass is 9.78. The van der Waals surface area contributed by atoms with Crippen LogP contribution in [-0.2, 0) is 11.3 Å². The summed E-state index contributed by atoms with van der Waals surface area (Å²) >= 11 is 0. The highest BCUT2D eigenvalue weighted by Gasteiger charge is 2.45. The minimum Gasteiger partial charge on any atom is -0.497 e. The average Bonchev–Trinajstić information content (AvgIpc) is 3.03. The second-order valence-electron chi connectivity index (χ2n) is 10.3. The number of ether oxygens (including phenoxy) is 1. The zero-order chi connectivity index (χ0) is 28.3. The molecule has 0 spiro atoms. The largest absolute Gasteiger partial charge is 0.497 e. The van der Waals surface area contributed by atoms with Crippen molar-refractivity contribution in [3.8, 4) is 5.75 Å². The van der Waals surface area contributed by atoms with E-state index in [2.05, 4.69) is 9.88 Å². The number of amides is 2. The van der Waals surface area contributed by atoms with E-state index in [1.807, 2.05) is 65.6 Å². The van der Waals surface area contributed by atoms with Gasteiger partial charge < -0.3 is 19.4 Å². The first-order valence-electron chi connectivity index (χ1n) is 13.8. The lowest BCUT2D eigenvalue weighted by Gasteiger charge is -2.44. The van der Waals surface area contributed by atoms with E-state index in [9.17, 15) is 14.0 Å². The molecule has 2 aliphatic rings. The van der Waals surface area contributed by atoms with Crippen molar-refractivity contribution in [1.82, 2.24) is 14.8 Å². The molecule has 7 nitrogen and oxygen atoms in total. The van der Waals surface area contributed by atoms with E-state index in [1.165, 1.54) is 12.1 Å². The van der Waals surface area contributed by atoms with E-state index in [1.54, 1.807) is 36.4 Å². The van der Waals surface area contributed by atoms with E-state index in [-0.39, 0.29) is 24.2 Å². The van der Waals surface area contributed by atoms with Gasteiger partial charge in [0.1, 0.15) is 17.4 Å². The van der Waals surface area contributed by atoms with Crippen molar-refractivity contribution in [3.05, 3.63) is 125 Å². The minimum absolute atomic E-state index is 0.0180. The number of carbonyl (C=O) groups is 2. The van der Waals surface area contributed by atoms with Gasteiger partial charge in [-0.3, -0.25) is 9.59 Å². The molecule has 2 atom stereocenters. The maximum atomic E-state index is 14.5. The van der Waals surface area contributed by atoms with Crippen LogP contribution in [0.25, 0.3) is 0 Å². The van der Waals surface area contributed by atoms with E-state index >= 15 is 0 Å². The summed E-state index contributed by atoms with van der Waals surface area (Å²) in [7, 11) is 1.60. The molecule has 1 saturated heterocycles. The standard InChI is InChI=1S/C33H31FN4O3/c1-41-26-15-11-24(12-16-26)31-30(33(40)37-20-18-36(19-21-37)29-8-4-5-17-35-29)27-6-2-3-7-28(27)32(39)38(31)22-23-9-13-25(34)14-10-23/h2-17,30-31H,18-22H2,1H3/t30-,31+/m0/s1. The van der Waals surface area contributed by atoms with Crippen LogP contribution in [0.1, 0.15) is 39.0 Å². The lowest BCUT2D eigenvalue weighted by Crippen LogP contribution is -2.53. The molecule has 41 heavy (non-hydrogen) atoms. The van der Waals surface area contributed by atoms with Crippen molar-refractivity contribution in [2.45, 2.75) is 18.5 Å². The number of aromatic nitrogens is 1. The van der Waals surface area contributed by atoms with Crippen LogP contribution in [-0.4, -0.2) is 59.9 Å². The van der Waals surface area contributed by atoms with Gasteiger partial charge in [0.15, 0.2) is 0 Å². The Morgan fingerprint density at radius 1 is 0.902 bits per heavy atom. The minimum atomic E-state index is -0.612. The molecule has 3 heterocycles. The van der Waals surface area contributed by atoms with Crippen LogP contribution in [0.2, 0.25) is 0 Å². The fourth-order valence-electron chi connectivity index (χ4n) is 5.89. The Labute approximate surface area is 238 Å². The first-order chi connectivity index (χ1) is 20.0. The van der Waals surface area contributed by atoms with Crippen molar-refractivity contribution in [3.63, 3.8) is 0 Å². The third-order valence-electron chi connectivity index (χ3n) is 7.99. The van der Waals surface area contributed by atoms with Crippen molar-refractivity contribution in [2.24, 2.45) is 0 Å².